The average Bonchev–Trinajstić information content (AvgIpc) is 2.90. The molecule has 2 amide bonds. The Balaban J connectivity index is 1.53. The molecule has 3 rings (SSSR count). The van der Waals surface area contributed by atoms with Gasteiger partial charge in [-0.3, -0.25) is 10.2 Å². The molecule has 0 saturated carbocycles. The van der Waals surface area contributed by atoms with Crippen LogP contribution in [0.1, 0.15) is 25.1 Å². The lowest BCUT2D eigenvalue weighted by molar-refractivity contribution is 0.199. The number of urea groups is 1. The highest BCUT2D eigenvalue weighted by Crippen LogP contribution is 2.18. The van der Waals surface area contributed by atoms with Gasteiger partial charge in [0.2, 0.25) is 0 Å². The lowest BCUT2D eigenvalue weighted by atomic mass is 10.1. The van der Waals surface area contributed by atoms with Crippen LogP contribution in [0, 0.1) is 5.82 Å². The van der Waals surface area contributed by atoms with Crippen molar-refractivity contribution < 1.29 is 9.18 Å². The molecule has 1 aliphatic rings. The zero-order valence-corrected chi connectivity index (χ0v) is 15.3. The average molecular weight is 373 g/mol. The highest BCUT2D eigenvalue weighted by Gasteiger charge is 2.23. The van der Waals surface area contributed by atoms with Gasteiger partial charge in [0.1, 0.15) is 23.3 Å². The number of nitrogen functional groups attached to an aromatic ring is 1. The number of likely N-dealkylation sites (tertiary alicyclic amines) is 1. The lowest BCUT2D eigenvalue weighted by Gasteiger charge is -2.26. The number of nitrogens with two attached hydrogens (primary N) is 1. The third kappa shape index (κ3) is 5.33. The number of nitrogens with zero attached hydrogens (tertiary/aromatic N) is 5. The van der Waals surface area contributed by atoms with Crippen LogP contribution in [0.25, 0.3) is 0 Å². The van der Waals surface area contributed by atoms with E-state index in [4.69, 9.17) is 5.73 Å². The van der Waals surface area contributed by atoms with Crippen molar-refractivity contribution in [1.82, 2.24) is 24.8 Å². The number of hydrogen-bond acceptors (Lipinski definition) is 6. The number of anilines is 2. The highest BCUT2D eigenvalue weighted by atomic mass is 19.1. The SMILES string of the molecule is CN(Cc1nccc(N)n1)[C@@H]1CCCN(C(=O)Nc2ccc(F)cn2)CC1. The summed E-state index contributed by atoms with van der Waals surface area (Å²) in [5, 5.41) is 2.72. The van der Waals surface area contributed by atoms with Gasteiger partial charge in [0.25, 0.3) is 0 Å². The van der Waals surface area contributed by atoms with E-state index in [1.165, 1.54) is 12.1 Å². The summed E-state index contributed by atoms with van der Waals surface area (Å²) < 4.78 is 12.9. The van der Waals surface area contributed by atoms with Gasteiger partial charge in [-0.15, -0.1) is 0 Å². The van der Waals surface area contributed by atoms with Crippen molar-refractivity contribution in [3.05, 3.63) is 42.2 Å². The molecule has 0 aromatic carbocycles. The van der Waals surface area contributed by atoms with Gasteiger partial charge in [0.15, 0.2) is 0 Å². The standard InChI is InChI=1S/C18H24FN7O/c1-25(12-17-21-8-6-15(20)23-17)14-3-2-9-26(10-7-14)18(27)24-16-5-4-13(19)11-22-16/h4-6,8,11,14H,2-3,7,9-10,12H2,1H3,(H2,20,21,23)(H,22,24,27)/t14-/m1/s1. The van der Waals surface area contributed by atoms with Gasteiger partial charge in [-0.2, -0.15) is 0 Å². The molecule has 1 atom stereocenters. The zero-order chi connectivity index (χ0) is 19.2. The second kappa shape index (κ2) is 8.72. The van der Waals surface area contributed by atoms with E-state index in [9.17, 15) is 9.18 Å². The number of aromatic nitrogens is 3. The number of nitrogens with one attached hydrogen (secondary N) is 1. The van der Waals surface area contributed by atoms with Crippen molar-refractivity contribution in [3.63, 3.8) is 0 Å². The fraction of sp³-hybridized carbons (Fsp3) is 0.444. The third-order valence-electron chi connectivity index (χ3n) is 4.69. The summed E-state index contributed by atoms with van der Waals surface area (Å²) in [5.41, 5.74) is 5.71. The maximum atomic E-state index is 12.9. The van der Waals surface area contributed by atoms with Gasteiger partial charge < -0.3 is 10.6 Å². The second-order valence-electron chi connectivity index (χ2n) is 6.68. The number of amides is 2. The number of halogens is 1. The van der Waals surface area contributed by atoms with E-state index >= 15 is 0 Å². The maximum absolute atomic E-state index is 12.9. The summed E-state index contributed by atoms with van der Waals surface area (Å²) in [7, 11) is 2.04. The highest BCUT2D eigenvalue weighted by molar-refractivity contribution is 5.88. The minimum Gasteiger partial charge on any atom is -0.384 e. The minimum absolute atomic E-state index is 0.212. The fourth-order valence-electron chi connectivity index (χ4n) is 3.20. The Bertz CT molecular complexity index is 771. The second-order valence-corrected chi connectivity index (χ2v) is 6.68. The fourth-order valence-corrected chi connectivity index (χ4v) is 3.20. The summed E-state index contributed by atoms with van der Waals surface area (Å²) in [5.74, 6) is 1.07. The molecule has 1 fully saturated rings. The predicted molar refractivity (Wildman–Crippen MR) is 100 cm³/mol. The number of pyridine rings is 1. The van der Waals surface area contributed by atoms with Crippen LogP contribution in [0.4, 0.5) is 20.8 Å². The van der Waals surface area contributed by atoms with Crippen LogP contribution < -0.4 is 11.1 Å². The Morgan fingerprint density at radius 1 is 1.33 bits per heavy atom. The number of hydrogen-bond donors (Lipinski definition) is 2. The third-order valence-corrected chi connectivity index (χ3v) is 4.69. The van der Waals surface area contributed by atoms with Gasteiger partial charge in [-0.1, -0.05) is 0 Å². The van der Waals surface area contributed by atoms with Crippen molar-refractivity contribution in [1.29, 1.82) is 0 Å². The molecule has 0 aliphatic carbocycles. The molecule has 0 radical (unpaired) electrons. The van der Waals surface area contributed by atoms with Crippen LogP contribution >= 0.6 is 0 Å². The molecule has 27 heavy (non-hydrogen) atoms. The van der Waals surface area contributed by atoms with Crippen molar-refractivity contribution in [2.24, 2.45) is 0 Å². The topological polar surface area (TPSA) is 100 Å². The molecule has 0 bridgehead atoms. The van der Waals surface area contributed by atoms with E-state index in [1.54, 1.807) is 17.2 Å². The van der Waals surface area contributed by atoms with Gasteiger partial charge in [0.05, 0.1) is 12.7 Å². The largest absolute Gasteiger partial charge is 0.384 e. The number of carbonyl (C=O) groups excluding carboxylic acids is 1. The first-order valence-corrected chi connectivity index (χ1v) is 8.96. The van der Waals surface area contributed by atoms with E-state index in [0.717, 1.165) is 25.5 Å². The Morgan fingerprint density at radius 2 is 2.19 bits per heavy atom. The van der Waals surface area contributed by atoms with Crippen molar-refractivity contribution >= 4 is 17.7 Å². The van der Waals surface area contributed by atoms with E-state index in [2.05, 4.69) is 25.2 Å². The van der Waals surface area contributed by atoms with Crippen molar-refractivity contribution in [2.45, 2.75) is 31.8 Å². The Labute approximate surface area is 157 Å². The molecule has 3 N–H and O–H groups in total. The summed E-state index contributed by atoms with van der Waals surface area (Å²) in [6, 6.07) is 4.51. The predicted octanol–water partition coefficient (Wildman–Crippen LogP) is 2.11. The maximum Gasteiger partial charge on any atom is 0.323 e. The Hall–Kier alpha value is -2.81. The zero-order valence-electron chi connectivity index (χ0n) is 15.3. The van der Waals surface area contributed by atoms with Crippen LogP contribution in [0.5, 0.6) is 0 Å². The molecule has 9 heteroatoms. The molecule has 0 unspecified atom stereocenters. The summed E-state index contributed by atoms with van der Waals surface area (Å²) in [6.07, 6.45) is 5.48. The molecule has 1 aliphatic heterocycles. The molecule has 1 saturated heterocycles. The van der Waals surface area contributed by atoms with Gasteiger partial charge in [-0.05, 0) is 44.5 Å². The van der Waals surface area contributed by atoms with Crippen molar-refractivity contribution in [2.75, 3.05) is 31.2 Å². The Morgan fingerprint density at radius 3 is 2.93 bits per heavy atom. The number of carbonyl (C=O) groups is 1. The smallest absolute Gasteiger partial charge is 0.323 e. The minimum atomic E-state index is -0.433. The molecule has 144 valence electrons. The summed E-state index contributed by atoms with van der Waals surface area (Å²) in [4.78, 5) is 28.8. The summed E-state index contributed by atoms with van der Waals surface area (Å²) in [6.45, 7) is 1.92. The molecule has 2 aromatic rings. The molecule has 8 nitrogen and oxygen atoms in total. The van der Waals surface area contributed by atoms with E-state index in [1.807, 2.05) is 7.05 Å². The quantitative estimate of drug-likeness (QED) is 0.851. The van der Waals surface area contributed by atoms with Crippen LogP contribution in [0.3, 0.4) is 0 Å². The van der Waals surface area contributed by atoms with Crippen LogP contribution in [-0.2, 0) is 6.54 Å². The summed E-state index contributed by atoms with van der Waals surface area (Å²) >= 11 is 0. The van der Waals surface area contributed by atoms with Gasteiger partial charge in [-0.25, -0.2) is 24.1 Å². The number of rotatable bonds is 4. The van der Waals surface area contributed by atoms with E-state index < -0.39 is 5.82 Å². The first kappa shape index (κ1) is 19.0. The molecular weight excluding hydrogens is 349 g/mol. The monoisotopic (exact) mass is 373 g/mol. The van der Waals surface area contributed by atoms with E-state index in [-0.39, 0.29) is 6.03 Å². The lowest BCUT2D eigenvalue weighted by Crippen LogP contribution is -2.37. The van der Waals surface area contributed by atoms with Gasteiger partial charge in [0, 0.05) is 25.3 Å². The van der Waals surface area contributed by atoms with Gasteiger partial charge >= 0.3 is 6.03 Å². The molecule has 2 aromatic heterocycles. The van der Waals surface area contributed by atoms with Crippen LogP contribution in [0.15, 0.2) is 30.6 Å². The molecule has 0 spiro atoms. The van der Waals surface area contributed by atoms with E-state index in [0.29, 0.717) is 43.1 Å². The molecular formula is C18H24FN7O. The van der Waals surface area contributed by atoms with Crippen LogP contribution in [0.2, 0.25) is 0 Å². The first-order valence-electron chi connectivity index (χ1n) is 8.96. The van der Waals surface area contributed by atoms with Crippen molar-refractivity contribution in [3.8, 4) is 0 Å². The van der Waals surface area contributed by atoms with Crippen LogP contribution in [-0.4, -0.2) is 57.0 Å². The molecule has 3 heterocycles. The normalized spacial score (nSPS) is 17.6. The first-order chi connectivity index (χ1) is 13.0. The Kier molecular flexibility index (Phi) is 6.12.